The molecule has 1 fully saturated rings. The summed E-state index contributed by atoms with van der Waals surface area (Å²) in [5.41, 5.74) is 2.57. The van der Waals surface area contributed by atoms with Gasteiger partial charge in [-0.2, -0.15) is 0 Å². The minimum absolute atomic E-state index is 0.130. The Morgan fingerprint density at radius 1 is 0.769 bits per heavy atom. The zero-order valence-electron chi connectivity index (χ0n) is 15.7. The third kappa shape index (κ3) is 4.99. The van der Waals surface area contributed by atoms with Crippen LogP contribution in [0.5, 0.6) is 11.5 Å². The molecule has 0 radical (unpaired) electrons. The molecule has 2 aromatic carbocycles. The molecular weight excluding hydrogens is 326 g/mol. The van der Waals surface area contributed by atoms with Gasteiger partial charge in [-0.05, 0) is 61.1 Å². The first-order valence-electron chi connectivity index (χ1n) is 9.36. The molecule has 3 rings (SSSR count). The third-order valence-corrected chi connectivity index (χ3v) is 5.27. The first-order valence-corrected chi connectivity index (χ1v) is 9.36. The Balaban J connectivity index is 1.73. The van der Waals surface area contributed by atoms with Gasteiger partial charge in [-0.25, -0.2) is 0 Å². The summed E-state index contributed by atoms with van der Waals surface area (Å²) in [6.45, 7) is 1.80. The van der Waals surface area contributed by atoms with Crippen LogP contribution in [-0.4, -0.2) is 36.4 Å². The molecule has 1 saturated carbocycles. The summed E-state index contributed by atoms with van der Waals surface area (Å²) in [5, 5.41) is 9.86. The SMILES string of the molecule is COc1ccc(CN(Cc2ccc(OC)cc2)[C@H]2CC[C@H](O)CC2)cc1. The molecule has 0 saturated heterocycles. The maximum atomic E-state index is 9.86. The minimum atomic E-state index is -0.130. The normalized spacial score (nSPS) is 20.2. The lowest BCUT2D eigenvalue weighted by atomic mass is 9.91. The van der Waals surface area contributed by atoms with Crippen LogP contribution < -0.4 is 9.47 Å². The van der Waals surface area contributed by atoms with Gasteiger partial charge < -0.3 is 14.6 Å². The maximum Gasteiger partial charge on any atom is 0.118 e. The van der Waals surface area contributed by atoms with Crippen molar-refractivity contribution >= 4 is 0 Å². The number of hydrogen-bond acceptors (Lipinski definition) is 4. The summed E-state index contributed by atoms with van der Waals surface area (Å²) in [5.74, 6) is 1.77. The van der Waals surface area contributed by atoms with Gasteiger partial charge in [0.05, 0.1) is 20.3 Å². The fourth-order valence-corrected chi connectivity index (χ4v) is 3.67. The Labute approximate surface area is 156 Å². The average Bonchev–Trinajstić information content (AvgIpc) is 2.69. The Kier molecular flexibility index (Phi) is 6.53. The van der Waals surface area contributed by atoms with Crippen molar-refractivity contribution in [3.05, 3.63) is 59.7 Å². The Hall–Kier alpha value is -2.04. The number of benzene rings is 2. The Morgan fingerprint density at radius 3 is 1.58 bits per heavy atom. The standard InChI is InChI=1S/C22H29NO3/c1-25-21-11-3-17(4-12-21)15-23(19-7-9-20(24)10-8-19)16-18-5-13-22(26-2)14-6-18/h3-6,11-14,19-20,24H,7-10,15-16H2,1-2H3/t19-,20-. The van der Waals surface area contributed by atoms with Crippen LogP contribution in [0.1, 0.15) is 36.8 Å². The van der Waals surface area contributed by atoms with Gasteiger partial charge in [0.25, 0.3) is 0 Å². The molecule has 26 heavy (non-hydrogen) atoms. The minimum Gasteiger partial charge on any atom is -0.497 e. The highest BCUT2D eigenvalue weighted by Crippen LogP contribution is 2.27. The monoisotopic (exact) mass is 355 g/mol. The molecule has 0 amide bonds. The summed E-state index contributed by atoms with van der Waals surface area (Å²) in [6.07, 6.45) is 3.76. The third-order valence-electron chi connectivity index (χ3n) is 5.27. The number of methoxy groups -OCH3 is 2. The highest BCUT2D eigenvalue weighted by atomic mass is 16.5. The van der Waals surface area contributed by atoms with Gasteiger partial charge in [0, 0.05) is 19.1 Å². The molecule has 1 aliphatic rings. The van der Waals surface area contributed by atoms with Crippen LogP contribution in [0.3, 0.4) is 0 Å². The number of aliphatic hydroxyl groups excluding tert-OH is 1. The predicted molar refractivity (Wildman–Crippen MR) is 103 cm³/mol. The molecule has 0 unspecified atom stereocenters. The summed E-state index contributed by atoms with van der Waals surface area (Å²) in [4.78, 5) is 2.54. The van der Waals surface area contributed by atoms with Gasteiger partial charge in [0.15, 0.2) is 0 Å². The van der Waals surface area contributed by atoms with Gasteiger partial charge in [0.1, 0.15) is 11.5 Å². The topological polar surface area (TPSA) is 41.9 Å². The molecule has 0 bridgehead atoms. The second-order valence-electron chi connectivity index (χ2n) is 7.06. The second kappa shape index (κ2) is 9.06. The number of hydrogen-bond donors (Lipinski definition) is 1. The van der Waals surface area contributed by atoms with E-state index in [2.05, 4.69) is 29.2 Å². The molecule has 2 aromatic rings. The van der Waals surface area contributed by atoms with E-state index in [4.69, 9.17) is 9.47 Å². The largest absolute Gasteiger partial charge is 0.497 e. The van der Waals surface area contributed by atoms with E-state index >= 15 is 0 Å². The molecule has 1 N–H and O–H groups in total. The zero-order chi connectivity index (χ0) is 18.4. The lowest BCUT2D eigenvalue weighted by molar-refractivity contribution is 0.0665. The Bertz CT molecular complexity index is 611. The van der Waals surface area contributed by atoms with Crippen LogP contribution in [0.25, 0.3) is 0 Å². The van der Waals surface area contributed by atoms with Gasteiger partial charge in [-0.1, -0.05) is 24.3 Å². The zero-order valence-corrected chi connectivity index (χ0v) is 15.7. The fourth-order valence-electron chi connectivity index (χ4n) is 3.67. The van der Waals surface area contributed by atoms with Crippen molar-refractivity contribution in [2.75, 3.05) is 14.2 Å². The van der Waals surface area contributed by atoms with Gasteiger partial charge in [0.2, 0.25) is 0 Å². The highest BCUT2D eigenvalue weighted by molar-refractivity contribution is 5.28. The van der Waals surface area contributed by atoms with Crippen LogP contribution in [-0.2, 0) is 13.1 Å². The number of nitrogens with zero attached hydrogens (tertiary/aromatic N) is 1. The number of rotatable bonds is 7. The molecule has 4 nitrogen and oxygen atoms in total. The summed E-state index contributed by atoms with van der Waals surface area (Å²) in [7, 11) is 3.39. The molecule has 0 spiro atoms. The molecule has 0 aromatic heterocycles. The first kappa shape index (κ1) is 18.7. The van der Waals surface area contributed by atoms with Crippen LogP contribution >= 0.6 is 0 Å². The fraction of sp³-hybridized carbons (Fsp3) is 0.455. The van der Waals surface area contributed by atoms with Gasteiger partial charge >= 0.3 is 0 Å². The molecule has 0 atom stereocenters. The van der Waals surface area contributed by atoms with Crippen LogP contribution in [0.4, 0.5) is 0 Å². The van der Waals surface area contributed by atoms with E-state index in [1.165, 1.54) is 11.1 Å². The lowest BCUT2D eigenvalue weighted by Crippen LogP contribution is -2.38. The summed E-state index contributed by atoms with van der Waals surface area (Å²) >= 11 is 0. The van der Waals surface area contributed by atoms with Gasteiger partial charge in [-0.15, -0.1) is 0 Å². The van der Waals surface area contributed by atoms with E-state index in [1.807, 2.05) is 24.3 Å². The average molecular weight is 355 g/mol. The van der Waals surface area contributed by atoms with Crippen LogP contribution in [0.2, 0.25) is 0 Å². The van der Waals surface area contributed by atoms with Crippen molar-refractivity contribution in [2.45, 2.75) is 50.9 Å². The molecule has 140 valence electrons. The molecule has 1 aliphatic carbocycles. The van der Waals surface area contributed by atoms with E-state index in [-0.39, 0.29) is 6.10 Å². The van der Waals surface area contributed by atoms with Crippen molar-refractivity contribution in [3.63, 3.8) is 0 Å². The number of aliphatic hydroxyl groups is 1. The van der Waals surface area contributed by atoms with Crippen molar-refractivity contribution in [2.24, 2.45) is 0 Å². The molecular formula is C22H29NO3. The summed E-state index contributed by atoms with van der Waals surface area (Å²) < 4.78 is 10.5. The van der Waals surface area contributed by atoms with Crippen molar-refractivity contribution < 1.29 is 14.6 Å². The van der Waals surface area contributed by atoms with E-state index in [9.17, 15) is 5.11 Å². The predicted octanol–water partition coefficient (Wildman–Crippen LogP) is 4.01. The van der Waals surface area contributed by atoms with E-state index in [1.54, 1.807) is 14.2 Å². The van der Waals surface area contributed by atoms with Crippen molar-refractivity contribution in [1.29, 1.82) is 0 Å². The highest BCUT2D eigenvalue weighted by Gasteiger charge is 2.25. The van der Waals surface area contributed by atoms with E-state index in [0.29, 0.717) is 6.04 Å². The van der Waals surface area contributed by atoms with Crippen molar-refractivity contribution in [3.8, 4) is 11.5 Å². The second-order valence-corrected chi connectivity index (χ2v) is 7.06. The van der Waals surface area contributed by atoms with E-state index in [0.717, 1.165) is 50.3 Å². The lowest BCUT2D eigenvalue weighted by Gasteiger charge is -2.36. The number of ether oxygens (including phenoxy) is 2. The Morgan fingerprint density at radius 2 is 1.19 bits per heavy atom. The summed E-state index contributed by atoms with van der Waals surface area (Å²) in [6, 6.07) is 17.1. The first-order chi connectivity index (χ1) is 12.7. The molecule has 0 aliphatic heterocycles. The van der Waals surface area contributed by atoms with Crippen LogP contribution in [0, 0.1) is 0 Å². The van der Waals surface area contributed by atoms with Crippen LogP contribution in [0.15, 0.2) is 48.5 Å². The molecule has 0 heterocycles. The molecule has 4 heteroatoms. The van der Waals surface area contributed by atoms with Gasteiger partial charge in [-0.3, -0.25) is 4.90 Å². The smallest absolute Gasteiger partial charge is 0.118 e. The van der Waals surface area contributed by atoms with Crippen molar-refractivity contribution in [1.82, 2.24) is 4.90 Å². The van der Waals surface area contributed by atoms with E-state index < -0.39 is 0 Å². The quantitative estimate of drug-likeness (QED) is 0.815. The maximum absolute atomic E-state index is 9.86.